The summed E-state index contributed by atoms with van der Waals surface area (Å²) in [4.78, 5) is 7.58. The fraction of sp³-hybridized carbons (Fsp3) is 0.111. The standard InChI is InChI=1S/C18H10F6N4/c19-17(20,21)12-7-14(18(22,23)24)27-16-11(12)5-6-15-26-8-13(28(15)16)9-1-3-10(25)4-2-9/h1-8H,25H2. The minimum atomic E-state index is -5.04. The molecule has 3 aromatic heterocycles. The van der Waals surface area contributed by atoms with Crippen LogP contribution >= 0.6 is 0 Å². The van der Waals surface area contributed by atoms with E-state index in [1.165, 1.54) is 16.7 Å². The molecule has 0 radical (unpaired) electrons. The van der Waals surface area contributed by atoms with Crippen molar-refractivity contribution in [3.05, 3.63) is 59.9 Å². The third-order valence-corrected chi connectivity index (χ3v) is 4.24. The molecule has 4 rings (SSSR count). The number of fused-ring (bicyclic) bond motifs is 3. The smallest absolute Gasteiger partial charge is 0.399 e. The molecule has 0 saturated heterocycles. The third kappa shape index (κ3) is 2.90. The molecule has 0 bridgehead atoms. The summed E-state index contributed by atoms with van der Waals surface area (Å²) in [5.41, 5.74) is 3.54. The number of hydrogen-bond donors (Lipinski definition) is 1. The Hall–Kier alpha value is -3.30. The molecular formula is C18H10F6N4. The van der Waals surface area contributed by atoms with E-state index in [1.54, 1.807) is 24.3 Å². The molecule has 2 N–H and O–H groups in total. The number of hydrogen-bond acceptors (Lipinski definition) is 3. The third-order valence-electron chi connectivity index (χ3n) is 4.24. The first-order valence-electron chi connectivity index (χ1n) is 7.87. The van der Waals surface area contributed by atoms with Crippen LogP contribution < -0.4 is 5.73 Å². The Balaban J connectivity index is 2.14. The maximum absolute atomic E-state index is 13.4. The van der Waals surface area contributed by atoms with E-state index in [9.17, 15) is 26.3 Å². The number of alkyl halides is 6. The summed E-state index contributed by atoms with van der Waals surface area (Å²) in [6, 6.07) is 8.71. The van der Waals surface area contributed by atoms with Crippen LogP contribution in [0.3, 0.4) is 0 Å². The maximum Gasteiger partial charge on any atom is 0.433 e. The lowest BCUT2D eigenvalue weighted by atomic mass is 10.1. The van der Waals surface area contributed by atoms with Gasteiger partial charge in [-0.1, -0.05) is 12.1 Å². The molecule has 0 amide bonds. The van der Waals surface area contributed by atoms with Gasteiger partial charge in [0.05, 0.1) is 17.5 Å². The molecule has 0 aliphatic heterocycles. The number of benzene rings is 1. The minimum Gasteiger partial charge on any atom is -0.399 e. The van der Waals surface area contributed by atoms with Gasteiger partial charge in [0.1, 0.15) is 17.0 Å². The molecule has 1 aromatic carbocycles. The van der Waals surface area contributed by atoms with Gasteiger partial charge in [0, 0.05) is 16.6 Å². The van der Waals surface area contributed by atoms with Gasteiger partial charge in [0.2, 0.25) is 0 Å². The number of nitrogens with zero attached hydrogens (tertiary/aromatic N) is 3. The summed E-state index contributed by atoms with van der Waals surface area (Å²) in [5.74, 6) is 0. The largest absolute Gasteiger partial charge is 0.433 e. The highest BCUT2D eigenvalue weighted by Crippen LogP contribution is 2.39. The predicted octanol–water partition coefficient (Wildman–Crippen LogP) is 5.17. The van der Waals surface area contributed by atoms with E-state index in [0.29, 0.717) is 16.9 Å². The average Bonchev–Trinajstić information content (AvgIpc) is 3.04. The molecule has 0 unspecified atom stereocenters. The number of halogens is 6. The summed E-state index contributed by atoms with van der Waals surface area (Å²) in [6.45, 7) is 0. The highest BCUT2D eigenvalue weighted by molar-refractivity contribution is 5.85. The van der Waals surface area contributed by atoms with E-state index < -0.39 is 34.6 Å². The second-order valence-electron chi connectivity index (χ2n) is 6.08. The van der Waals surface area contributed by atoms with Crippen molar-refractivity contribution >= 4 is 22.4 Å². The zero-order valence-corrected chi connectivity index (χ0v) is 13.8. The van der Waals surface area contributed by atoms with Crippen LogP contribution in [0, 0.1) is 0 Å². The van der Waals surface area contributed by atoms with Crippen LogP contribution in [0.1, 0.15) is 11.3 Å². The summed E-state index contributed by atoms with van der Waals surface area (Å²) < 4.78 is 81.1. The van der Waals surface area contributed by atoms with Crippen LogP contribution in [0.25, 0.3) is 27.9 Å². The fourth-order valence-electron chi connectivity index (χ4n) is 2.98. The lowest BCUT2D eigenvalue weighted by Gasteiger charge is -2.15. The van der Waals surface area contributed by atoms with Crippen molar-refractivity contribution in [1.29, 1.82) is 0 Å². The van der Waals surface area contributed by atoms with Gasteiger partial charge in [0.25, 0.3) is 0 Å². The monoisotopic (exact) mass is 396 g/mol. The maximum atomic E-state index is 13.4. The molecule has 4 aromatic rings. The second-order valence-corrected chi connectivity index (χ2v) is 6.08. The van der Waals surface area contributed by atoms with Crippen molar-refractivity contribution < 1.29 is 26.3 Å². The van der Waals surface area contributed by atoms with Crippen LogP contribution in [0.2, 0.25) is 0 Å². The number of nitrogen functional groups attached to an aromatic ring is 1. The lowest BCUT2D eigenvalue weighted by molar-refractivity contribution is -0.144. The van der Waals surface area contributed by atoms with E-state index in [1.807, 2.05) is 0 Å². The van der Waals surface area contributed by atoms with E-state index in [4.69, 9.17) is 5.73 Å². The molecule has 0 saturated carbocycles. The minimum absolute atomic E-state index is 0.0218. The molecule has 144 valence electrons. The molecule has 0 atom stereocenters. The Morgan fingerprint density at radius 3 is 2.14 bits per heavy atom. The highest BCUT2D eigenvalue weighted by atomic mass is 19.4. The average molecular weight is 396 g/mol. The number of nitrogens with two attached hydrogens (primary N) is 1. The van der Waals surface area contributed by atoms with Crippen LogP contribution in [-0.4, -0.2) is 14.4 Å². The van der Waals surface area contributed by atoms with Gasteiger partial charge in [-0.3, -0.25) is 4.40 Å². The summed E-state index contributed by atoms with van der Waals surface area (Å²) in [7, 11) is 0. The van der Waals surface area contributed by atoms with Crippen molar-refractivity contribution in [3.63, 3.8) is 0 Å². The number of anilines is 1. The Labute approximate surface area is 153 Å². The van der Waals surface area contributed by atoms with Crippen molar-refractivity contribution in [1.82, 2.24) is 14.4 Å². The van der Waals surface area contributed by atoms with Gasteiger partial charge < -0.3 is 5.73 Å². The van der Waals surface area contributed by atoms with E-state index in [2.05, 4.69) is 9.97 Å². The zero-order valence-electron chi connectivity index (χ0n) is 13.8. The molecule has 4 nitrogen and oxygen atoms in total. The predicted molar refractivity (Wildman–Crippen MR) is 90.3 cm³/mol. The zero-order chi connectivity index (χ0) is 20.3. The molecule has 3 heterocycles. The first-order valence-corrected chi connectivity index (χ1v) is 7.87. The van der Waals surface area contributed by atoms with Crippen molar-refractivity contribution in [3.8, 4) is 11.3 Å². The molecular weight excluding hydrogens is 386 g/mol. The van der Waals surface area contributed by atoms with Gasteiger partial charge in [-0.2, -0.15) is 26.3 Å². The SMILES string of the molecule is Nc1ccc(-c2cnc3ccc4c(C(F)(F)F)cc(C(F)(F)F)nc4n23)cc1. The van der Waals surface area contributed by atoms with Crippen LogP contribution in [0.5, 0.6) is 0 Å². The van der Waals surface area contributed by atoms with Gasteiger partial charge in [-0.05, 0) is 30.3 Å². The van der Waals surface area contributed by atoms with Crippen molar-refractivity contribution in [2.45, 2.75) is 12.4 Å². The van der Waals surface area contributed by atoms with Gasteiger partial charge >= 0.3 is 12.4 Å². The Morgan fingerprint density at radius 2 is 1.54 bits per heavy atom. The van der Waals surface area contributed by atoms with Crippen LogP contribution in [0.4, 0.5) is 32.0 Å². The second kappa shape index (κ2) is 5.85. The normalized spacial score (nSPS) is 12.8. The van der Waals surface area contributed by atoms with Gasteiger partial charge in [0.15, 0.2) is 0 Å². The number of imidazole rings is 1. The molecule has 10 heteroatoms. The number of rotatable bonds is 1. The Morgan fingerprint density at radius 1 is 0.857 bits per heavy atom. The summed E-state index contributed by atoms with van der Waals surface area (Å²) in [5, 5.41) is -0.456. The Bertz CT molecular complexity index is 1190. The van der Waals surface area contributed by atoms with E-state index in [-0.39, 0.29) is 11.7 Å². The van der Waals surface area contributed by atoms with E-state index >= 15 is 0 Å². The Kier molecular flexibility index (Phi) is 3.78. The molecule has 0 spiro atoms. The molecule has 0 aliphatic carbocycles. The van der Waals surface area contributed by atoms with Crippen LogP contribution in [0.15, 0.2) is 48.7 Å². The molecule has 0 fully saturated rings. The lowest BCUT2D eigenvalue weighted by Crippen LogP contribution is -2.14. The summed E-state index contributed by atoms with van der Waals surface area (Å²) >= 11 is 0. The first kappa shape index (κ1) is 18.1. The topological polar surface area (TPSA) is 56.2 Å². The quantitative estimate of drug-likeness (QED) is 0.357. The molecule has 0 aliphatic rings. The van der Waals surface area contributed by atoms with Gasteiger partial charge in [-0.15, -0.1) is 0 Å². The highest BCUT2D eigenvalue weighted by Gasteiger charge is 2.39. The summed E-state index contributed by atoms with van der Waals surface area (Å²) in [6.07, 6.45) is -8.68. The van der Waals surface area contributed by atoms with Gasteiger partial charge in [-0.25, -0.2) is 9.97 Å². The van der Waals surface area contributed by atoms with Crippen LogP contribution in [-0.2, 0) is 12.4 Å². The molecule has 28 heavy (non-hydrogen) atoms. The van der Waals surface area contributed by atoms with Crippen molar-refractivity contribution in [2.75, 3.05) is 5.73 Å². The van der Waals surface area contributed by atoms with Crippen molar-refractivity contribution in [2.24, 2.45) is 0 Å². The number of aromatic nitrogens is 3. The first-order chi connectivity index (χ1) is 13.1. The van der Waals surface area contributed by atoms with E-state index in [0.717, 1.165) is 6.07 Å². The number of pyridine rings is 2. The fourth-order valence-corrected chi connectivity index (χ4v) is 2.98.